The summed E-state index contributed by atoms with van der Waals surface area (Å²) in [5, 5.41) is 19.1. The molecule has 0 saturated heterocycles. The summed E-state index contributed by atoms with van der Waals surface area (Å²) in [4.78, 5) is 0. The van der Waals surface area contributed by atoms with E-state index in [9.17, 15) is 0 Å². The van der Waals surface area contributed by atoms with Crippen molar-refractivity contribution in [1.82, 2.24) is 25.3 Å². The van der Waals surface area contributed by atoms with Gasteiger partial charge in [0.15, 0.2) is 11.5 Å². The fourth-order valence-electron chi connectivity index (χ4n) is 2.12. The largest absolute Gasteiger partial charge is 0.456 e. The molecule has 7 nitrogen and oxygen atoms in total. The van der Waals surface area contributed by atoms with Gasteiger partial charge in [-0.2, -0.15) is 0 Å². The van der Waals surface area contributed by atoms with Crippen molar-refractivity contribution < 1.29 is 4.74 Å². The van der Waals surface area contributed by atoms with Gasteiger partial charge in [0.05, 0.1) is 5.02 Å². The fraction of sp³-hybridized carbons (Fsp3) is 0. The van der Waals surface area contributed by atoms with Crippen molar-refractivity contribution in [3.05, 3.63) is 65.7 Å². The molecule has 2 aromatic heterocycles. The first-order valence-electron chi connectivity index (χ1n) is 7.13. The quantitative estimate of drug-likeness (QED) is 0.611. The predicted molar refractivity (Wildman–Crippen MR) is 89.8 cm³/mol. The number of aromatic nitrogens is 5. The molecule has 0 saturated carbocycles. The lowest BCUT2D eigenvalue weighted by Crippen LogP contribution is -2.00. The van der Waals surface area contributed by atoms with Crippen LogP contribution in [0.4, 0.5) is 11.5 Å². The lowest BCUT2D eigenvalue weighted by molar-refractivity contribution is 0.483. The highest BCUT2D eigenvalue weighted by Crippen LogP contribution is 2.29. The van der Waals surface area contributed by atoms with Crippen molar-refractivity contribution in [2.75, 3.05) is 5.32 Å². The lowest BCUT2D eigenvalue weighted by Gasteiger charge is -2.09. The van der Waals surface area contributed by atoms with Crippen molar-refractivity contribution in [2.45, 2.75) is 0 Å². The number of hydrogen-bond acceptors (Lipinski definition) is 6. The molecule has 0 fully saturated rings. The van der Waals surface area contributed by atoms with Gasteiger partial charge in [0.2, 0.25) is 0 Å². The molecule has 0 unspecified atom stereocenters. The summed E-state index contributed by atoms with van der Waals surface area (Å²) in [5.74, 6) is 1.94. The number of fused-ring (bicyclic) bond motifs is 1. The lowest BCUT2D eigenvalue weighted by atomic mass is 10.3. The van der Waals surface area contributed by atoms with E-state index in [-0.39, 0.29) is 0 Å². The second-order valence-electron chi connectivity index (χ2n) is 4.93. The monoisotopic (exact) mass is 338 g/mol. The molecule has 0 aliphatic rings. The minimum atomic E-state index is 0.568. The third-order valence-corrected chi connectivity index (χ3v) is 3.57. The van der Waals surface area contributed by atoms with Crippen LogP contribution in [0.3, 0.4) is 0 Å². The third kappa shape index (κ3) is 2.97. The van der Waals surface area contributed by atoms with Crippen molar-refractivity contribution in [3.63, 3.8) is 0 Å². The van der Waals surface area contributed by atoms with Crippen molar-refractivity contribution in [2.24, 2.45) is 0 Å². The minimum Gasteiger partial charge on any atom is -0.456 e. The molecule has 0 bridgehead atoms. The Morgan fingerprint density at radius 3 is 2.62 bits per heavy atom. The first-order valence-corrected chi connectivity index (χ1v) is 7.51. The Bertz CT molecular complexity index is 985. The van der Waals surface area contributed by atoms with Gasteiger partial charge in [-0.25, -0.2) is 0 Å². The van der Waals surface area contributed by atoms with Crippen molar-refractivity contribution >= 4 is 28.8 Å². The molecular formula is C16H11ClN6O. The van der Waals surface area contributed by atoms with Gasteiger partial charge in [0, 0.05) is 5.69 Å². The van der Waals surface area contributed by atoms with E-state index in [4.69, 9.17) is 16.3 Å². The van der Waals surface area contributed by atoms with Crippen LogP contribution in [0.25, 0.3) is 5.65 Å². The van der Waals surface area contributed by atoms with Crippen LogP contribution in [0.15, 0.2) is 60.7 Å². The maximum absolute atomic E-state index is 6.09. The number of halogens is 1. The van der Waals surface area contributed by atoms with E-state index in [0.29, 0.717) is 28.0 Å². The average molecular weight is 339 g/mol. The van der Waals surface area contributed by atoms with Crippen LogP contribution in [0.1, 0.15) is 0 Å². The number of anilines is 2. The minimum absolute atomic E-state index is 0.568. The van der Waals surface area contributed by atoms with E-state index in [2.05, 4.69) is 25.9 Å². The van der Waals surface area contributed by atoms with Gasteiger partial charge in [-0.3, -0.25) is 0 Å². The second-order valence-corrected chi connectivity index (χ2v) is 5.33. The topological polar surface area (TPSA) is 77.2 Å². The Morgan fingerprint density at radius 2 is 1.79 bits per heavy atom. The summed E-state index contributed by atoms with van der Waals surface area (Å²) in [6.45, 7) is 0. The van der Waals surface area contributed by atoms with Gasteiger partial charge in [0.25, 0.3) is 0 Å². The maximum atomic E-state index is 6.09. The molecule has 1 N–H and O–H groups in total. The normalized spacial score (nSPS) is 10.7. The number of benzene rings is 2. The van der Waals surface area contributed by atoms with E-state index < -0.39 is 0 Å². The first-order chi connectivity index (χ1) is 11.8. The van der Waals surface area contributed by atoms with Gasteiger partial charge in [-0.05, 0) is 59.0 Å². The number of rotatable bonds is 4. The Labute approximate surface area is 141 Å². The van der Waals surface area contributed by atoms with Crippen LogP contribution in [-0.4, -0.2) is 25.3 Å². The zero-order chi connectivity index (χ0) is 16.4. The second kappa shape index (κ2) is 6.13. The first kappa shape index (κ1) is 14.4. The van der Waals surface area contributed by atoms with E-state index >= 15 is 0 Å². The molecular weight excluding hydrogens is 328 g/mol. The molecule has 0 radical (unpaired) electrons. The molecule has 0 aliphatic carbocycles. The van der Waals surface area contributed by atoms with E-state index in [1.807, 2.05) is 42.5 Å². The van der Waals surface area contributed by atoms with Crippen LogP contribution >= 0.6 is 11.6 Å². The van der Waals surface area contributed by atoms with Crippen LogP contribution in [0.5, 0.6) is 11.5 Å². The Hall–Kier alpha value is -3.19. The highest BCUT2D eigenvalue weighted by Gasteiger charge is 2.04. The molecule has 4 aromatic rings. The molecule has 0 atom stereocenters. The smallest absolute Gasteiger partial charge is 0.200 e. The zero-order valence-electron chi connectivity index (χ0n) is 12.3. The summed E-state index contributed by atoms with van der Waals surface area (Å²) in [6.07, 6.45) is 0. The van der Waals surface area contributed by atoms with Crippen LogP contribution < -0.4 is 10.1 Å². The predicted octanol–water partition coefficient (Wildman–Crippen LogP) is 3.71. The maximum Gasteiger partial charge on any atom is 0.200 e. The molecule has 118 valence electrons. The molecule has 0 amide bonds. The molecule has 24 heavy (non-hydrogen) atoms. The summed E-state index contributed by atoms with van der Waals surface area (Å²) < 4.78 is 7.11. The summed E-state index contributed by atoms with van der Waals surface area (Å²) in [7, 11) is 0. The molecule has 8 heteroatoms. The number of para-hydroxylation sites is 1. The van der Waals surface area contributed by atoms with Gasteiger partial charge in [0.1, 0.15) is 11.5 Å². The Balaban J connectivity index is 1.50. The van der Waals surface area contributed by atoms with Crippen LogP contribution in [-0.2, 0) is 0 Å². The van der Waals surface area contributed by atoms with Gasteiger partial charge in [-0.15, -0.1) is 14.8 Å². The van der Waals surface area contributed by atoms with Gasteiger partial charge >= 0.3 is 0 Å². The summed E-state index contributed by atoms with van der Waals surface area (Å²) in [6, 6.07) is 18.4. The Morgan fingerprint density at radius 1 is 0.958 bits per heavy atom. The van der Waals surface area contributed by atoms with Gasteiger partial charge in [-0.1, -0.05) is 23.7 Å². The highest BCUT2D eigenvalue weighted by molar-refractivity contribution is 6.32. The SMILES string of the molecule is Clc1ccccc1Oc1ccc(Nc2ccc3nnnn3n2)cc1. The third-order valence-electron chi connectivity index (χ3n) is 3.26. The van der Waals surface area contributed by atoms with Gasteiger partial charge < -0.3 is 10.1 Å². The van der Waals surface area contributed by atoms with E-state index in [0.717, 1.165) is 5.69 Å². The number of nitrogens with one attached hydrogen (secondary N) is 1. The number of nitrogens with zero attached hydrogens (tertiary/aromatic N) is 5. The zero-order valence-corrected chi connectivity index (χ0v) is 13.1. The summed E-state index contributed by atoms with van der Waals surface area (Å²) >= 11 is 6.09. The standard InChI is InChI=1S/C16H11ClN6O/c17-13-3-1-2-4-14(13)24-12-7-5-11(6-8-12)18-15-9-10-16-19-21-22-23(16)20-15/h1-10H,(H,18,20). The highest BCUT2D eigenvalue weighted by atomic mass is 35.5. The molecule has 0 spiro atoms. The fourth-order valence-corrected chi connectivity index (χ4v) is 2.30. The van der Waals surface area contributed by atoms with Crippen molar-refractivity contribution in [1.29, 1.82) is 0 Å². The number of hydrogen-bond donors (Lipinski definition) is 1. The molecule has 2 heterocycles. The van der Waals surface area contributed by atoms with Crippen LogP contribution in [0, 0.1) is 0 Å². The average Bonchev–Trinajstić information content (AvgIpc) is 3.06. The van der Waals surface area contributed by atoms with Crippen molar-refractivity contribution in [3.8, 4) is 11.5 Å². The van der Waals surface area contributed by atoms with Crippen LogP contribution in [0.2, 0.25) is 5.02 Å². The van der Waals surface area contributed by atoms with E-state index in [1.54, 1.807) is 18.2 Å². The Kier molecular flexibility index (Phi) is 3.68. The number of tetrazole rings is 1. The molecule has 2 aromatic carbocycles. The molecule has 0 aliphatic heterocycles. The number of ether oxygens (including phenoxy) is 1. The summed E-state index contributed by atoms with van der Waals surface area (Å²) in [5.41, 5.74) is 1.45. The van der Waals surface area contributed by atoms with E-state index in [1.165, 1.54) is 4.63 Å². The molecule has 4 rings (SSSR count).